The van der Waals surface area contributed by atoms with Crippen LogP contribution in [0.5, 0.6) is 0 Å². The Labute approximate surface area is 146 Å². The number of fused-ring (bicyclic) bond motifs is 1. The van der Waals surface area contributed by atoms with E-state index >= 15 is 0 Å². The van der Waals surface area contributed by atoms with Gasteiger partial charge >= 0.3 is 0 Å². The number of hydrogen-bond acceptors (Lipinski definition) is 2. The third kappa shape index (κ3) is 2.89. The van der Waals surface area contributed by atoms with Crippen LogP contribution in [0, 0.1) is 6.92 Å². The van der Waals surface area contributed by atoms with Gasteiger partial charge in [-0.15, -0.1) is 0 Å². The van der Waals surface area contributed by atoms with Crippen LogP contribution in [-0.4, -0.2) is 18.4 Å². The van der Waals surface area contributed by atoms with E-state index < -0.39 is 5.41 Å². The average molecular weight is 343 g/mol. The van der Waals surface area contributed by atoms with Crippen molar-refractivity contribution < 1.29 is 9.59 Å². The van der Waals surface area contributed by atoms with Crippen LogP contribution < -0.4 is 10.2 Å². The smallest absolute Gasteiger partial charge is 0.244 e. The van der Waals surface area contributed by atoms with Crippen LogP contribution >= 0.6 is 11.6 Å². The van der Waals surface area contributed by atoms with Gasteiger partial charge < -0.3 is 10.2 Å². The third-order valence-electron chi connectivity index (χ3n) is 4.31. The summed E-state index contributed by atoms with van der Waals surface area (Å²) in [5, 5.41) is 3.33. The van der Waals surface area contributed by atoms with Gasteiger partial charge in [0.2, 0.25) is 11.8 Å². The van der Waals surface area contributed by atoms with Gasteiger partial charge in [-0.3, -0.25) is 9.59 Å². The molecule has 0 atom stereocenters. The molecule has 1 N–H and O–H groups in total. The summed E-state index contributed by atoms with van der Waals surface area (Å²) in [6.07, 6.45) is 0. The summed E-state index contributed by atoms with van der Waals surface area (Å²) in [7, 11) is 0. The molecule has 3 rings (SSSR count). The Balaban J connectivity index is 1.83. The summed E-state index contributed by atoms with van der Waals surface area (Å²) in [6, 6.07) is 12.8. The van der Waals surface area contributed by atoms with Crippen molar-refractivity contribution in [3.05, 3.63) is 58.6 Å². The zero-order valence-electron chi connectivity index (χ0n) is 13.9. The maximum atomic E-state index is 12.8. The molecule has 0 unspecified atom stereocenters. The van der Waals surface area contributed by atoms with E-state index in [0.717, 1.165) is 16.8 Å². The van der Waals surface area contributed by atoms with Crippen LogP contribution in [0.4, 0.5) is 11.4 Å². The lowest BCUT2D eigenvalue weighted by molar-refractivity contribution is -0.124. The molecule has 1 heterocycles. The largest absolute Gasteiger partial charge is 0.324 e. The minimum atomic E-state index is -0.627. The molecule has 2 aromatic rings. The fraction of sp³-hybridized carbons (Fsp3) is 0.263. The Hall–Kier alpha value is -2.33. The van der Waals surface area contributed by atoms with E-state index in [-0.39, 0.29) is 18.4 Å². The van der Waals surface area contributed by atoms with Crippen LogP contribution in [-0.2, 0) is 15.0 Å². The lowest BCUT2D eigenvalue weighted by Gasteiger charge is -2.20. The molecule has 5 heteroatoms. The van der Waals surface area contributed by atoms with Crippen LogP contribution in [0.1, 0.15) is 25.0 Å². The third-order valence-corrected chi connectivity index (χ3v) is 4.54. The number of hydrogen-bond donors (Lipinski definition) is 1. The molecule has 0 saturated heterocycles. The summed E-state index contributed by atoms with van der Waals surface area (Å²) in [4.78, 5) is 26.7. The summed E-state index contributed by atoms with van der Waals surface area (Å²) in [6.45, 7) is 5.76. The topological polar surface area (TPSA) is 49.4 Å². The first-order valence-corrected chi connectivity index (χ1v) is 8.15. The number of anilines is 2. The number of amides is 2. The van der Waals surface area contributed by atoms with Crippen molar-refractivity contribution in [1.29, 1.82) is 0 Å². The maximum Gasteiger partial charge on any atom is 0.244 e. The van der Waals surface area contributed by atoms with Crippen molar-refractivity contribution >= 4 is 34.8 Å². The van der Waals surface area contributed by atoms with Gasteiger partial charge in [-0.2, -0.15) is 0 Å². The van der Waals surface area contributed by atoms with Crippen LogP contribution in [0.15, 0.2) is 42.5 Å². The molecule has 2 aromatic carbocycles. The molecule has 0 saturated carbocycles. The number of halogens is 1. The molecule has 2 amide bonds. The van der Waals surface area contributed by atoms with E-state index in [2.05, 4.69) is 5.32 Å². The lowest BCUT2D eigenvalue weighted by atomic mass is 9.85. The first-order chi connectivity index (χ1) is 11.3. The summed E-state index contributed by atoms with van der Waals surface area (Å²) >= 11 is 5.93. The average Bonchev–Trinajstić information content (AvgIpc) is 2.68. The Morgan fingerprint density at radius 3 is 2.67 bits per heavy atom. The number of carbonyl (C=O) groups excluding carboxylic acids is 2. The first kappa shape index (κ1) is 16.5. The van der Waals surface area contributed by atoms with E-state index in [9.17, 15) is 9.59 Å². The Bertz CT molecular complexity index is 830. The highest BCUT2D eigenvalue weighted by atomic mass is 35.5. The zero-order valence-corrected chi connectivity index (χ0v) is 14.6. The van der Waals surface area contributed by atoms with Crippen LogP contribution in [0.25, 0.3) is 0 Å². The fourth-order valence-electron chi connectivity index (χ4n) is 3.02. The molecule has 1 aliphatic rings. The fourth-order valence-corrected chi connectivity index (χ4v) is 3.21. The van der Waals surface area contributed by atoms with E-state index in [1.54, 1.807) is 29.2 Å². The highest BCUT2D eigenvalue weighted by Crippen LogP contribution is 2.41. The molecule has 24 heavy (non-hydrogen) atoms. The first-order valence-electron chi connectivity index (χ1n) is 7.77. The van der Waals surface area contributed by atoms with E-state index in [0.29, 0.717) is 10.7 Å². The van der Waals surface area contributed by atoms with Gasteiger partial charge in [-0.1, -0.05) is 35.4 Å². The number of nitrogens with zero attached hydrogens (tertiary/aromatic N) is 1. The van der Waals surface area contributed by atoms with Crippen molar-refractivity contribution in [3.8, 4) is 0 Å². The molecular weight excluding hydrogens is 324 g/mol. The molecule has 0 aromatic heterocycles. The van der Waals surface area contributed by atoms with Gasteiger partial charge in [-0.25, -0.2) is 0 Å². The second kappa shape index (κ2) is 5.95. The Kier molecular flexibility index (Phi) is 4.10. The minimum absolute atomic E-state index is 0.0230. The van der Waals surface area contributed by atoms with Gasteiger partial charge in [-0.05, 0) is 50.6 Å². The molecule has 0 fully saturated rings. The monoisotopic (exact) mass is 342 g/mol. The van der Waals surface area contributed by atoms with Crippen molar-refractivity contribution in [2.45, 2.75) is 26.2 Å². The quantitative estimate of drug-likeness (QED) is 0.919. The van der Waals surface area contributed by atoms with Crippen LogP contribution in [0.3, 0.4) is 0 Å². The Morgan fingerprint density at radius 1 is 1.21 bits per heavy atom. The molecule has 1 aliphatic heterocycles. The predicted molar refractivity (Wildman–Crippen MR) is 96.6 cm³/mol. The molecule has 0 radical (unpaired) electrons. The summed E-state index contributed by atoms with van der Waals surface area (Å²) in [5.41, 5.74) is 2.85. The van der Waals surface area contributed by atoms with Gasteiger partial charge in [0.15, 0.2) is 0 Å². The van der Waals surface area contributed by atoms with Crippen molar-refractivity contribution in [2.24, 2.45) is 0 Å². The molecule has 0 spiro atoms. The number of rotatable bonds is 3. The number of aryl methyl sites for hydroxylation is 1. The van der Waals surface area contributed by atoms with E-state index in [4.69, 9.17) is 11.6 Å². The second-order valence-corrected chi connectivity index (χ2v) is 7.03. The van der Waals surface area contributed by atoms with Crippen molar-refractivity contribution in [2.75, 3.05) is 16.8 Å². The van der Waals surface area contributed by atoms with E-state index in [1.165, 1.54) is 0 Å². The number of benzene rings is 2. The van der Waals surface area contributed by atoms with Gasteiger partial charge in [0.1, 0.15) is 6.54 Å². The summed E-state index contributed by atoms with van der Waals surface area (Å²) in [5.74, 6) is -0.320. The molecule has 0 bridgehead atoms. The van der Waals surface area contributed by atoms with Gasteiger partial charge in [0.25, 0.3) is 0 Å². The highest BCUT2D eigenvalue weighted by molar-refractivity contribution is 6.30. The highest BCUT2D eigenvalue weighted by Gasteiger charge is 2.44. The second-order valence-electron chi connectivity index (χ2n) is 6.60. The lowest BCUT2D eigenvalue weighted by Crippen LogP contribution is -2.40. The summed E-state index contributed by atoms with van der Waals surface area (Å²) < 4.78 is 0. The van der Waals surface area contributed by atoms with Crippen molar-refractivity contribution in [3.63, 3.8) is 0 Å². The van der Waals surface area contributed by atoms with E-state index in [1.807, 2.05) is 39.0 Å². The van der Waals surface area contributed by atoms with Crippen LogP contribution in [0.2, 0.25) is 5.02 Å². The minimum Gasteiger partial charge on any atom is -0.324 e. The van der Waals surface area contributed by atoms with Gasteiger partial charge in [0, 0.05) is 16.4 Å². The maximum absolute atomic E-state index is 12.8. The zero-order chi connectivity index (χ0) is 17.5. The molecular formula is C19H19ClN2O2. The predicted octanol–water partition coefficient (Wildman–Crippen LogP) is 3.91. The number of carbonyl (C=O) groups is 2. The van der Waals surface area contributed by atoms with Gasteiger partial charge in [0.05, 0.1) is 5.41 Å². The molecule has 0 aliphatic carbocycles. The van der Waals surface area contributed by atoms with Crippen molar-refractivity contribution in [1.82, 2.24) is 0 Å². The standard InChI is InChI=1S/C19H19ClN2O2/c1-12-7-8-16-15(9-12)19(2,3)18(24)22(16)11-17(23)21-14-6-4-5-13(20)10-14/h4-10H,11H2,1-3H3,(H,21,23). The molecule has 124 valence electrons. The Morgan fingerprint density at radius 2 is 1.96 bits per heavy atom. The normalized spacial score (nSPS) is 15.3. The SMILES string of the molecule is Cc1ccc2c(c1)C(C)(C)C(=O)N2CC(=O)Nc1cccc(Cl)c1. The molecule has 4 nitrogen and oxygen atoms in total. The number of nitrogens with one attached hydrogen (secondary N) is 1.